The summed E-state index contributed by atoms with van der Waals surface area (Å²) in [6, 6.07) is 10.1. The van der Waals surface area contributed by atoms with Crippen molar-refractivity contribution < 1.29 is 0 Å². The molecule has 0 aliphatic carbocycles. The lowest BCUT2D eigenvalue weighted by Gasteiger charge is -2.29. The van der Waals surface area contributed by atoms with Crippen LogP contribution in [0.15, 0.2) is 24.3 Å². The normalized spacial score (nSPS) is 14.6. The molecule has 19 heavy (non-hydrogen) atoms. The molecule has 0 saturated heterocycles. The van der Waals surface area contributed by atoms with Gasteiger partial charge >= 0.3 is 0 Å². The molecule has 0 heterocycles. The van der Waals surface area contributed by atoms with Gasteiger partial charge in [-0.2, -0.15) is 0 Å². The molecule has 0 aromatic heterocycles. The van der Waals surface area contributed by atoms with Gasteiger partial charge in [0.05, 0.1) is 0 Å². The average molecular weight is 262 g/mol. The fraction of sp³-hybridized carbons (Fsp3) is 0.647. The van der Waals surface area contributed by atoms with E-state index in [0.29, 0.717) is 12.1 Å². The number of nitrogens with one attached hydrogen (secondary N) is 1. The van der Waals surface area contributed by atoms with Gasteiger partial charge in [0.1, 0.15) is 0 Å². The number of likely N-dealkylation sites (N-methyl/N-ethyl adjacent to an activating group) is 2. The third-order valence-corrected chi connectivity index (χ3v) is 4.05. The summed E-state index contributed by atoms with van der Waals surface area (Å²) in [6.45, 7) is 11.0. The predicted octanol–water partition coefficient (Wildman–Crippen LogP) is 3.63. The van der Waals surface area contributed by atoms with Gasteiger partial charge < -0.3 is 10.2 Å². The van der Waals surface area contributed by atoms with E-state index in [0.717, 1.165) is 19.5 Å². The van der Waals surface area contributed by atoms with Crippen molar-refractivity contribution in [1.29, 1.82) is 0 Å². The second-order valence-corrected chi connectivity index (χ2v) is 5.40. The van der Waals surface area contributed by atoms with Gasteiger partial charge in [-0.3, -0.25) is 0 Å². The third-order valence-electron chi connectivity index (χ3n) is 4.05. The summed E-state index contributed by atoms with van der Waals surface area (Å²) >= 11 is 0. The van der Waals surface area contributed by atoms with Crippen molar-refractivity contribution in [3.05, 3.63) is 35.4 Å². The van der Waals surface area contributed by atoms with E-state index in [-0.39, 0.29) is 0 Å². The minimum Gasteiger partial charge on any atom is -0.309 e. The molecule has 108 valence electrons. The lowest BCUT2D eigenvalue weighted by atomic mass is 10.0. The zero-order valence-electron chi connectivity index (χ0n) is 13.2. The predicted molar refractivity (Wildman–Crippen MR) is 84.6 cm³/mol. The molecular weight excluding hydrogens is 232 g/mol. The fourth-order valence-corrected chi connectivity index (χ4v) is 2.30. The van der Waals surface area contributed by atoms with Crippen molar-refractivity contribution in [1.82, 2.24) is 10.2 Å². The number of hydrogen-bond donors (Lipinski definition) is 1. The summed E-state index contributed by atoms with van der Waals surface area (Å²) in [4.78, 5) is 2.45. The average Bonchev–Trinajstić information content (AvgIpc) is 2.45. The Balaban J connectivity index is 2.75. The molecule has 2 heteroatoms. The zero-order valence-corrected chi connectivity index (χ0v) is 13.2. The molecule has 1 N–H and O–H groups in total. The smallest absolute Gasteiger partial charge is 0.0449 e. The van der Waals surface area contributed by atoms with Gasteiger partial charge in [-0.1, -0.05) is 45.0 Å². The Bertz CT molecular complexity index is 345. The van der Waals surface area contributed by atoms with E-state index < -0.39 is 0 Å². The Labute approximate surface area is 119 Å². The molecule has 0 radical (unpaired) electrons. The van der Waals surface area contributed by atoms with E-state index in [1.54, 1.807) is 0 Å². The second-order valence-electron chi connectivity index (χ2n) is 5.40. The Hall–Kier alpha value is -0.860. The quantitative estimate of drug-likeness (QED) is 0.769. The van der Waals surface area contributed by atoms with Crippen molar-refractivity contribution in [2.75, 3.05) is 20.1 Å². The molecule has 1 rings (SSSR count). The van der Waals surface area contributed by atoms with Crippen LogP contribution < -0.4 is 5.32 Å². The number of rotatable bonds is 8. The zero-order chi connectivity index (χ0) is 14.3. The monoisotopic (exact) mass is 262 g/mol. The highest BCUT2D eigenvalue weighted by Gasteiger charge is 2.15. The first-order valence-corrected chi connectivity index (χ1v) is 7.64. The highest BCUT2D eigenvalue weighted by Crippen LogP contribution is 2.17. The number of hydrogen-bond acceptors (Lipinski definition) is 2. The fourth-order valence-electron chi connectivity index (χ4n) is 2.30. The van der Waals surface area contributed by atoms with E-state index in [9.17, 15) is 0 Å². The highest BCUT2D eigenvalue weighted by atomic mass is 15.1. The van der Waals surface area contributed by atoms with Crippen LogP contribution in [0.4, 0.5) is 0 Å². The van der Waals surface area contributed by atoms with Crippen LogP contribution >= 0.6 is 0 Å². The van der Waals surface area contributed by atoms with E-state index in [2.05, 4.69) is 69.2 Å². The summed E-state index contributed by atoms with van der Waals surface area (Å²) in [5, 5.41) is 3.60. The van der Waals surface area contributed by atoms with E-state index in [1.165, 1.54) is 17.5 Å². The van der Waals surface area contributed by atoms with Gasteiger partial charge in [0.2, 0.25) is 0 Å². The van der Waals surface area contributed by atoms with Crippen molar-refractivity contribution in [2.45, 2.75) is 52.6 Å². The topological polar surface area (TPSA) is 15.3 Å². The second kappa shape index (κ2) is 8.34. The third kappa shape index (κ3) is 4.96. The summed E-state index contributed by atoms with van der Waals surface area (Å²) in [5.41, 5.74) is 2.81. The Morgan fingerprint density at radius 1 is 1.11 bits per heavy atom. The van der Waals surface area contributed by atoms with Crippen molar-refractivity contribution in [3.63, 3.8) is 0 Å². The number of benzene rings is 1. The van der Waals surface area contributed by atoms with E-state index >= 15 is 0 Å². The maximum Gasteiger partial charge on any atom is 0.0449 e. The summed E-state index contributed by atoms with van der Waals surface area (Å²) in [5.74, 6) is 0. The molecular formula is C17H30N2. The first kappa shape index (κ1) is 16.2. The van der Waals surface area contributed by atoms with Crippen LogP contribution in [0.2, 0.25) is 0 Å². The molecule has 2 atom stereocenters. The molecule has 2 unspecified atom stereocenters. The molecule has 0 bridgehead atoms. The van der Waals surface area contributed by atoms with Crippen LogP contribution in [0, 0.1) is 0 Å². The summed E-state index contributed by atoms with van der Waals surface area (Å²) in [6.07, 6.45) is 2.31. The molecule has 0 spiro atoms. The standard InChI is InChI=1S/C17H30N2/c1-6-14(4)19(5)13-17(18-8-3)16-11-9-15(7-2)10-12-16/h9-12,14,17-18H,6-8,13H2,1-5H3. The number of nitrogens with zero attached hydrogens (tertiary/aromatic N) is 1. The van der Waals surface area contributed by atoms with Crippen LogP contribution in [0.25, 0.3) is 0 Å². The van der Waals surface area contributed by atoms with Gasteiger partial charge in [0.15, 0.2) is 0 Å². The molecule has 2 nitrogen and oxygen atoms in total. The SMILES string of the molecule is CCNC(CN(C)C(C)CC)c1ccc(CC)cc1. The first-order chi connectivity index (χ1) is 9.12. The van der Waals surface area contributed by atoms with Crippen LogP contribution in [0.5, 0.6) is 0 Å². The molecule has 0 saturated carbocycles. The largest absolute Gasteiger partial charge is 0.309 e. The Morgan fingerprint density at radius 2 is 1.74 bits per heavy atom. The molecule has 0 aliphatic rings. The van der Waals surface area contributed by atoms with Gasteiger partial charge in [0.25, 0.3) is 0 Å². The maximum absolute atomic E-state index is 3.60. The van der Waals surface area contributed by atoms with E-state index in [1.807, 2.05) is 0 Å². The molecule has 1 aromatic carbocycles. The van der Waals surface area contributed by atoms with Gasteiger partial charge in [-0.25, -0.2) is 0 Å². The number of aryl methyl sites for hydroxylation is 1. The van der Waals surface area contributed by atoms with Gasteiger partial charge in [0, 0.05) is 18.6 Å². The molecule has 0 fully saturated rings. The lowest BCUT2D eigenvalue weighted by molar-refractivity contribution is 0.225. The summed E-state index contributed by atoms with van der Waals surface area (Å²) < 4.78 is 0. The molecule has 1 aromatic rings. The van der Waals surface area contributed by atoms with Crippen LogP contribution in [0.1, 0.15) is 51.3 Å². The van der Waals surface area contributed by atoms with Crippen molar-refractivity contribution in [2.24, 2.45) is 0 Å². The van der Waals surface area contributed by atoms with Crippen LogP contribution in [-0.4, -0.2) is 31.1 Å². The Kier molecular flexibility index (Phi) is 7.11. The minimum absolute atomic E-state index is 0.426. The van der Waals surface area contributed by atoms with Crippen molar-refractivity contribution in [3.8, 4) is 0 Å². The minimum atomic E-state index is 0.426. The molecule has 0 amide bonds. The van der Waals surface area contributed by atoms with Gasteiger partial charge in [-0.15, -0.1) is 0 Å². The van der Waals surface area contributed by atoms with Gasteiger partial charge in [-0.05, 0) is 44.5 Å². The lowest BCUT2D eigenvalue weighted by Crippen LogP contribution is -2.37. The van der Waals surface area contributed by atoms with E-state index in [4.69, 9.17) is 0 Å². The molecule has 0 aliphatic heterocycles. The first-order valence-electron chi connectivity index (χ1n) is 7.64. The van der Waals surface area contributed by atoms with Crippen LogP contribution in [-0.2, 0) is 6.42 Å². The maximum atomic E-state index is 3.60. The van der Waals surface area contributed by atoms with Crippen molar-refractivity contribution >= 4 is 0 Å². The van der Waals surface area contributed by atoms with Crippen LogP contribution in [0.3, 0.4) is 0 Å². The highest BCUT2D eigenvalue weighted by molar-refractivity contribution is 5.25. The summed E-state index contributed by atoms with van der Waals surface area (Å²) in [7, 11) is 2.22. The Morgan fingerprint density at radius 3 is 2.21 bits per heavy atom.